The summed E-state index contributed by atoms with van der Waals surface area (Å²) in [5, 5.41) is 3.04. The lowest BCUT2D eigenvalue weighted by Gasteiger charge is -2.15. The number of nitrogens with one attached hydrogen (secondary N) is 1. The molecule has 1 N–H and O–H groups in total. The highest BCUT2D eigenvalue weighted by atomic mass is 32.2. The third-order valence-corrected chi connectivity index (χ3v) is 8.35. The molecule has 0 aromatic heterocycles. The Kier molecular flexibility index (Phi) is 14.9. The highest BCUT2D eigenvalue weighted by Gasteiger charge is 2.13. The molecule has 0 aliphatic carbocycles. The van der Waals surface area contributed by atoms with Crippen molar-refractivity contribution in [2.24, 2.45) is 0 Å². The number of carbonyl (C=O) groups is 1. The average Bonchev–Trinajstić information content (AvgIpc) is 3.37. The van der Waals surface area contributed by atoms with Gasteiger partial charge in [-0.15, -0.1) is 11.8 Å². The van der Waals surface area contributed by atoms with Crippen molar-refractivity contribution in [3.63, 3.8) is 0 Å². The number of benzene rings is 2. The van der Waals surface area contributed by atoms with E-state index in [0.29, 0.717) is 6.61 Å². The molecule has 3 rings (SSSR count). The zero-order chi connectivity index (χ0) is 28.4. The number of hydrogen-bond acceptors (Lipinski definition) is 5. The van der Waals surface area contributed by atoms with Crippen LogP contribution in [-0.2, 0) is 17.8 Å². The first-order valence-corrected chi connectivity index (χ1v) is 16.3. The van der Waals surface area contributed by atoms with Crippen LogP contribution < -0.4 is 14.8 Å². The molecule has 1 heterocycles. The molecule has 2 aromatic carbocycles. The molecule has 1 aliphatic rings. The minimum Gasteiger partial charge on any atom is -0.497 e. The number of methoxy groups -OCH3 is 1. The Morgan fingerprint density at radius 1 is 0.900 bits per heavy atom. The first-order valence-electron chi connectivity index (χ1n) is 15.3. The average molecular weight is 567 g/mol. The highest BCUT2D eigenvalue weighted by Crippen LogP contribution is 2.27. The van der Waals surface area contributed by atoms with Crippen molar-refractivity contribution < 1.29 is 14.3 Å². The predicted octanol–water partition coefficient (Wildman–Crippen LogP) is 9.32. The number of amides is 1. The Morgan fingerprint density at radius 2 is 1.55 bits per heavy atom. The van der Waals surface area contributed by atoms with Crippen LogP contribution in [0.1, 0.15) is 102 Å². The molecule has 0 spiro atoms. The molecule has 0 bridgehead atoms. The van der Waals surface area contributed by atoms with E-state index in [1.165, 1.54) is 81.1 Å². The summed E-state index contributed by atoms with van der Waals surface area (Å²) in [7, 11) is 1.65. The molecule has 6 heteroatoms. The molecular weight excluding hydrogens is 516 g/mol. The van der Waals surface area contributed by atoms with Gasteiger partial charge in [0.1, 0.15) is 11.5 Å². The second kappa shape index (κ2) is 18.7. The second-order valence-electron chi connectivity index (χ2n) is 10.9. The van der Waals surface area contributed by atoms with Gasteiger partial charge in [-0.1, -0.05) is 95.8 Å². The molecule has 5 nitrogen and oxygen atoms in total. The van der Waals surface area contributed by atoms with Crippen molar-refractivity contribution in [1.82, 2.24) is 4.90 Å². The number of allylic oxidation sites excluding steroid dienone is 1. The summed E-state index contributed by atoms with van der Waals surface area (Å²) in [5.74, 6) is 2.42. The van der Waals surface area contributed by atoms with E-state index in [2.05, 4.69) is 42.4 Å². The number of rotatable bonds is 20. The van der Waals surface area contributed by atoms with Crippen LogP contribution in [-0.4, -0.2) is 30.4 Å². The van der Waals surface area contributed by atoms with Crippen LogP contribution in [0.15, 0.2) is 53.6 Å². The van der Waals surface area contributed by atoms with Crippen molar-refractivity contribution >= 4 is 23.4 Å². The molecule has 0 unspecified atom stereocenters. The maximum absolute atomic E-state index is 12.9. The zero-order valence-electron chi connectivity index (χ0n) is 25.0. The first kappa shape index (κ1) is 31.9. The molecule has 220 valence electrons. The second-order valence-corrected chi connectivity index (χ2v) is 12.1. The van der Waals surface area contributed by atoms with Gasteiger partial charge in [-0.2, -0.15) is 0 Å². The first-order chi connectivity index (χ1) is 19.6. The van der Waals surface area contributed by atoms with Crippen molar-refractivity contribution in [2.75, 3.05) is 24.9 Å². The van der Waals surface area contributed by atoms with E-state index < -0.39 is 0 Å². The zero-order valence-corrected chi connectivity index (χ0v) is 25.8. The van der Waals surface area contributed by atoms with Crippen molar-refractivity contribution in [3.8, 4) is 11.5 Å². The Morgan fingerprint density at radius 3 is 2.15 bits per heavy atom. The Hall–Kier alpha value is -2.60. The van der Waals surface area contributed by atoms with E-state index in [-0.39, 0.29) is 12.3 Å². The van der Waals surface area contributed by atoms with Gasteiger partial charge in [0.15, 0.2) is 0 Å². The number of carbonyl (C=O) groups excluding carboxylic acids is 1. The molecule has 0 fully saturated rings. The molecule has 0 radical (unpaired) electrons. The summed E-state index contributed by atoms with van der Waals surface area (Å²) in [6, 6.07) is 13.8. The van der Waals surface area contributed by atoms with E-state index >= 15 is 0 Å². The Bertz CT molecular complexity index is 1040. The lowest BCUT2D eigenvalue weighted by Crippen LogP contribution is -2.16. The van der Waals surface area contributed by atoms with Crippen LogP contribution >= 0.6 is 11.8 Å². The highest BCUT2D eigenvalue weighted by molar-refractivity contribution is 8.03. The lowest BCUT2D eigenvalue weighted by molar-refractivity contribution is -0.115. The van der Waals surface area contributed by atoms with Gasteiger partial charge < -0.3 is 19.7 Å². The normalized spacial score (nSPS) is 12.9. The van der Waals surface area contributed by atoms with E-state index in [9.17, 15) is 4.79 Å². The van der Waals surface area contributed by atoms with Crippen molar-refractivity contribution in [1.29, 1.82) is 0 Å². The van der Waals surface area contributed by atoms with Crippen LogP contribution in [0.25, 0.3) is 0 Å². The Labute approximate surface area is 247 Å². The lowest BCUT2D eigenvalue weighted by atomic mass is 10.1. The molecule has 1 aliphatic heterocycles. The molecule has 0 atom stereocenters. The van der Waals surface area contributed by atoms with Crippen LogP contribution in [0.4, 0.5) is 5.69 Å². The largest absolute Gasteiger partial charge is 0.497 e. The SMILES string of the molecule is CCCCCCCCCCCCCCOc1cc(OC)ccc1CC(=O)Nc1ccc(CN2C=C(C)SC2)cc1. The molecule has 40 heavy (non-hydrogen) atoms. The summed E-state index contributed by atoms with van der Waals surface area (Å²) in [5.41, 5.74) is 2.92. The van der Waals surface area contributed by atoms with Crippen LogP contribution in [0.2, 0.25) is 0 Å². The van der Waals surface area contributed by atoms with Gasteiger partial charge in [-0.25, -0.2) is 0 Å². The summed E-state index contributed by atoms with van der Waals surface area (Å²) in [6.45, 7) is 5.95. The number of nitrogens with zero attached hydrogens (tertiary/aromatic N) is 1. The van der Waals surface area contributed by atoms with Gasteiger partial charge in [0.05, 0.1) is 26.0 Å². The maximum atomic E-state index is 12.9. The minimum absolute atomic E-state index is 0.0531. The summed E-state index contributed by atoms with van der Waals surface area (Å²) < 4.78 is 11.5. The molecular formula is C34H50N2O3S. The third kappa shape index (κ3) is 12.3. The fraction of sp³-hybridized carbons (Fsp3) is 0.559. The fourth-order valence-corrected chi connectivity index (χ4v) is 5.74. The van der Waals surface area contributed by atoms with Crippen molar-refractivity contribution in [2.45, 2.75) is 104 Å². The number of hydrogen-bond donors (Lipinski definition) is 1. The van der Waals surface area contributed by atoms with Gasteiger partial charge >= 0.3 is 0 Å². The third-order valence-electron chi connectivity index (χ3n) is 7.33. The van der Waals surface area contributed by atoms with Gasteiger partial charge in [0, 0.05) is 30.1 Å². The number of anilines is 1. The van der Waals surface area contributed by atoms with Crippen molar-refractivity contribution in [3.05, 3.63) is 64.7 Å². The van der Waals surface area contributed by atoms with Crippen LogP contribution in [0.3, 0.4) is 0 Å². The van der Waals surface area contributed by atoms with Gasteiger partial charge in [-0.3, -0.25) is 4.79 Å². The van der Waals surface area contributed by atoms with E-state index in [1.807, 2.05) is 42.1 Å². The molecule has 1 amide bonds. The quantitative estimate of drug-likeness (QED) is 0.162. The number of unbranched alkanes of at least 4 members (excludes halogenated alkanes) is 11. The van der Waals surface area contributed by atoms with Crippen LogP contribution in [0.5, 0.6) is 11.5 Å². The predicted molar refractivity (Wildman–Crippen MR) is 170 cm³/mol. The number of ether oxygens (including phenoxy) is 2. The summed E-state index contributed by atoms with van der Waals surface area (Å²) in [6.07, 6.45) is 18.3. The van der Waals surface area contributed by atoms with Gasteiger partial charge in [-0.05, 0) is 42.0 Å². The molecule has 0 saturated heterocycles. The molecule has 0 saturated carbocycles. The number of thioether (sulfide) groups is 1. The van der Waals surface area contributed by atoms with Crippen LogP contribution in [0, 0.1) is 0 Å². The maximum Gasteiger partial charge on any atom is 0.228 e. The van der Waals surface area contributed by atoms with E-state index in [0.717, 1.165) is 41.6 Å². The monoisotopic (exact) mass is 566 g/mol. The summed E-state index contributed by atoms with van der Waals surface area (Å²) in [4.78, 5) is 16.5. The smallest absolute Gasteiger partial charge is 0.228 e. The van der Waals surface area contributed by atoms with E-state index in [4.69, 9.17) is 9.47 Å². The summed E-state index contributed by atoms with van der Waals surface area (Å²) >= 11 is 1.87. The topological polar surface area (TPSA) is 50.8 Å². The molecule has 2 aromatic rings. The fourth-order valence-electron chi connectivity index (χ4n) is 4.98. The minimum atomic E-state index is -0.0531. The van der Waals surface area contributed by atoms with Gasteiger partial charge in [0.25, 0.3) is 0 Å². The Balaban J connectivity index is 1.36. The van der Waals surface area contributed by atoms with E-state index in [1.54, 1.807) is 7.11 Å². The van der Waals surface area contributed by atoms with Gasteiger partial charge in [0.2, 0.25) is 5.91 Å². The standard InChI is InChI=1S/C34H50N2O3S/c1-4-5-6-7-8-9-10-11-12-13-14-15-22-39-33-24-32(38-3)21-18-30(33)23-34(37)35-31-19-16-29(17-20-31)26-36-25-28(2)40-27-36/h16-21,24-25H,4-15,22-23,26-27H2,1-3H3,(H,35,37).